The number of thiophene rings is 1. The first kappa shape index (κ1) is 11.9. The van der Waals surface area contributed by atoms with Crippen molar-refractivity contribution >= 4 is 27.4 Å². The molecule has 1 aliphatic rings. The Morgan fingerprint density at radius 2 is 2.11 bits per heavy atom. The van der Waals surface area contributed by atoms with Gasteiger partial charge in [0.15, 0.2) is 0 Å². The third-order valence-electron chi connectivity index (χ3n) is 3.79. The highest BCUT2D eigenvalue weighted by atomic mass is 32.1. The summed E-state index contributed by atoms with van der Waals surface area (Å²) in [5.74, 6) is 2.00. The zero-order valence-electron chi connectivity index (χ0n) is 11.0. The van der Waals surface area contributed by atoms with E-state index in [1.165, 1.54) is 23.1 Å². The summed E-state index contributed by atoms with van der Waals surface area (Å²) in [4.78, 5) is 13.9. The van der Waals surface area contributed by atoms with Gasteiger partial charge in [0, 0.05) is 18.0 Å². The summed E-state index contributed by atoms with van der Waals surface area (Å²) in [5, 5.41) is 1.24. The Labute approximate surface area is 112 Å². The predicted molar refractivity (Wildman–Crippen MR) is 77.4 cm³/mol. The summed E-state index contributed by atoms with van der Waals surface area (Å²) < 4.78 is 0. The van der Waals surface area contributed by atoms with Gasteiger partial charge in [0.05, 0.1) is 5.39 Å². The molecule has 4 heteroatoms. The van der Waals surface area contributed by atoms with Gasteiger partial charge in [0.2, 0.25) is 0 Å². The van der Waals surface area contributed by atoms with Crippen molar-refractivity contribution in [1.29, 1.82) is 0 Å². The second-order valence-electron chi connectivity index (χ2n) is 5.15. The van der Waals surface area contributed by atoms with Gasteiger partial charge in [-0.25, -0.2) is 9.97 Å². The molecule has 0 aliphatic carbocycles. The number of fused-ring (bicyclic) bond motifs is 1. The Kier molecular flexibility index (Phi) is 3.20. The maximum atomic E-state index is 4.52. The van der Waals surface area contributed by atoms with E-state index in [-0.39, 0.29) is 0 Å². The summed E-state index contributed by atoms with van der Waals surface area (Å²) in [6.07, 6.45) is 5.34. The summed E-state index contributed by atoms with van der Waals surface area (Å²) in [6.45, 7) is 6.79. The second kappa shape index (κ2) is 4.84. The molecule has 18 heavy (non-hydrogen) atoms. The SMILES string of the molecule is CCc1cc2c(N3CCC(C)CC3)ncnc2s1. The van der Waals surface area contributed by atoms with E-state index in [4.69, 9.17) is 0 Å². The average Bonchev–Trinajstić information content (AvgIpc) is 2.82. The van der Waals surface area contributed by atoms with E-state index in [0.717, 1.165) is 36.1 Å². The van der Waals surface area contributed by atoms with E-state index < -0.39 is 0 Å². The lowest BCUT2D eigenvalue weighted by molar-refractivity contribution is 0.437. The standard InChI is InChI=1S/C14H19N3S/c1-3-11-8-12-13(15-9-16-14(12)18-11)17-6-4-10(2)5-7-17/h8-10H,3-7H2,1-2H3. The van der Waals surface area contributed by atoms with Crippen LogP contribution in [0.2, 0.25) is 0 Å². The van der Waals surface area contributed by atoms with Crippen LogP contribution < -0.4 is 4.90 Å². The van der Waals surface area contributed by atoms with E-state index in [0.29, 0.717) is 0 Å². The minimum Gasteiger partial charge on any atom is -0.356 e. The first-order chi connectivity index (χ1) is 8.78. The van der Waals surface area contributed by atoms with Crippen LogP contribution in [0.25, 0.3) is 10.2 Å². The monoisotopic (exact) mass is 261 g/mol. The van der Waals surface area contributed by atoms with Gasteiger partial charge >= 0.3 is 0 Å². The smallest absolute Gasteiger partial charge is 0.140 e. The highest BCUT2D eigenvalue weighted by Crippen LogP contribution is 2.32. The van der Waals surface area contributed by atoms with Gasteiger partial charge in [-0.15, -0.1) is 11.3 Å². The van der Waals surface area contributed by atoms with Gasteiger partial charge < -0.3 is 4.90 Å². The normalized spacial score (nSPS) is 17.6. The van der Waals surface area contributed by atoms with E-state index in [1.807, 2.05) is 0 Å². The van der Waals surface area contributed by atoms with Crippen molar-refractivity contribution in [2.75, 3.05) is 18.0 Å². The summed E-state index contributed by atoms with van der Waals surface area (Å²) in [7, 11) is 0. The van der Waals surface area contributed by atoms with Gasteiger partial charge in [0.25, 0.3) is 0 Å². The highest BCUT2D eigenvalue weighted by molar-refractivity contribution is 7.18. The van der Waals surface area contributed by atoms with Crippen molar-refractivity contribution in [3.63, 3.8) is 0 Å². The number of aryl methyl sites for hydroxylation is 1. The fraction of sp³-hybridized carbons (Fsp3) is 0.571. The lowest BCUT2D eigenvalue weighted by Crippen LogP contribution is -2.33. The van der Waals surface area contributed by atoms with E-state index in [1.54, 1.807) is 17.7 Å². The molecule has 3 nitrogen and oxygen atoms in total. The Bertz CT molecular complexity index is 541. The third kappa shape index (κ3) is 2.09. The van der Waals surface area contributed by atoms with Crippen LogP contribution in [-0.4, -0.2) is 23.1 Å². The predicted octanol–water partition coefficient (Wildman–Crippen LogP) is 3.49. The summed E-state index contributed by atoms with van der Waals surface area (Å²) in [5.41, 5.74) is 0. The van der Waals surface area contributed by atoms with Gasteiger partial charge in [0.1, 0.15) is 17.0 Å². The van der Waals surface area contributed by atoms with Crippen molar-refractivity contribution < 1.29 is 0 Å². The topological polar surface area (TPSA) is 29.0 Å². The number of piperidine rings is 1. The number of nitrogens with zero attached hydrogens (tertiary/aromatic N) is 3. The lowest BCUT2D eigenvalue weighted by atomic mass is 9.99. The van der Waals surface area contributed by atoms with Crippen LogP contribution >= 0.6 is 11.3 Å². The molecule has 1 saturated heterocycles. The number of rotatable bonds is 2. The fourth-order valence-corrected chi connectivity index (χ4v) is 3.47. The van der Waals surface area contributed by atoms with Crippen molar-refractivity contribution in [2.24, 2.45) is 5.92 Å². The maximum Gasteiger partial charge on any atom is 0.140 e. The molecule has 2 aromatic rings. The number of hydrogen-bond donors (Lipinski definition) is 0. The molecular formula is C14H19N3S. The molecule has 0 amide bonds. The average molecular weight is 261 g/mol. The van der Waals surface area contributed by atoms with E-state index in [9.17, 15) is 0 Å². The molecule has 3 heterocycles. The Morgan fingerprint density at radius 1 is 1.33 bits per heavy atom. The van der Waals surface area contributed by atoms with Crippen molar-refractivity contribution in [1.82, 2.24) is 9.97 Å². The third-order valence-corrected chi connectivity index (χ3v) is 4.98. The molecule has 96 valence electrons. The molecule has 0 bridgehead atoms. The molecule has 0 saturated carbocycles. The second-order valence-corrected chi connectivity index (χ2v) is 6.27. The van der Waals surface area contributed by atoms with E-state index >= 15 is 0 Å². The van der Waals surface area contributed by atoms with Crippen molar-refractivity contribution in [2.45, 2.75) is 33.1 Å². The zero-order valence-corrected chi connectivity index (χ0v) is 11.8. The van der Waals surface area contributed by atoms with Crippen molar-refractivity contribution in [3.05, 3.63) is 17.3 Å². The largest absolute Gasteiger partial charge is 0.356 e. The molecule has 3 rings (SSSR count). The molecule has 0 spiro atoms. The Morgan fingerprint density at radius 3 is 2.83 bits per heavy atom. The first-order valence-corrected chi connectivity index (χ1v) is 7.58. The van der Waals surface area contributed by atoms with Crippen LogP contribution in [-0.2, 0) is 6.42 Å². The van der Waals surface area contributed by atoms with Crippen LogP contribution in [0, 0.1) is 5.92 Å². The van der Waals surface area contributed by atoms with Crippen LogP contribution in [0.5, 0.6) is 0 Å². The van der Waals surface area contributed by atoms with Crippen LogP contribution in [0.15, 0.2) is 12.4 Å². The number of aromatic nitrogens is 2. The van der Waals surface area contributed by atoms with Gasteiger partial charge in [-0.1, -0.05) is 13.8 Å². The molecule has 0 aromatic carbocycles. The molecule has 1 aliphatic heterocycles. The van der Waals surface area contributed by atoms with Gasteiger partial charge in [-0.2, -0.15) is 0 Å². The molecule has 1 fully saturated rings. The molecule has 2 aromatic heterocycles. The lowest BCUT2D eigenvalue weighted by Gasteiger charge is -2.31. The zero-order chi connectivity index (χ0) is 12.5. The molecule has 0 atom stereocenters. The van der Waals surface area contributed by atoms with Crippen LogP contribution in [0.1, 0.15) is 31.6 Å². The first-order valence-electron chi connectivity index (χ1n) is 6.76. The van der Waals surface area contributed by atoms with Gasteiger partial charge in [-0.3, -0.25) is 0 Å². The summed E-state index contributed by atoms with van der Waals surface area (Å²) in [6, 6.07) is 2.27. The van der Waals surface area contributed by atoms with E-state index in [2.05, 4.69) is 34.8 Å². The number of hydrogen-bond acceptors (Lipinski definition) is 4. The Hall–Kier alpha value is -1.16. The number of anilines is 1. The minimum absolute atomic E-state index is 0.854. The molecule has 0 radical (unpaired) electrons. The van der Waals surface area contributed by atoms with Crippen molar-refractivity contribution in [3.8, 4) is 0 Å². The fourth-order valence-electron chi connectivity index (χ4n) is 2.54. The van der Waals surface area contributed by atoms with Gasteiger partial charge in [-0.05, 0) is 31.2 Å². The summed E-state index contributed by atoms with van der Waals surface area (Å²) >= 11 is 1.80. The highest BCUT2D eigenvalue weighted by Gasteiger charge is 2.19. The van der Waals surface area contributed by atoms with Crippen LogP contribution in [0.4, 0.5) is 5.82 Å². The maximum absolute atomic E-state index is 4.52. The van der Waals surface area contributed by atoms with Crippen LogP contribution in [0.3, 0.4) is 0 Å². The molecular weight excluding hydrogens is 242 g/mol. The molecule has 0 N–H and O–H groups in total. The quantitative estimate of drug-likeness (QED) is 0.828. The Balaban J connectivity index is 1.98. The molecule has 0 unspecified atom stereocenters. The minimum atomic E-state index is 0.854.